The number of nitrogens with zero attached hydrogens (tertiary/aromatic N) is 1. The van der Waals surface area contributed by atoms with Crippen LogP contribution in [0.4, 0.5) is 10.1 Å². The van der Waals surface area contributed by atoms with E-state index < -0.39 is 10.7 Å². The Hall–Kier alpha value is -2.47. The molecule has 0 saturated carbocycles. The number of hydrogen-bond acceptors (Lipinski definition) is 4. The third-order valence-corrected chi connectivity index (χ3v) is 2.69. The van der Waals surface area contributed by atoms with Gasteiger partial charge in [-0.15, -0.1) is 0 Å². The average molecular weight is 276 g/mol. The fraction of sp³-hybridized carbons (Fsp3) is 0.143. The van der Waals surface area contributed by atoms with Crippen molar-refractivity contribution in [3.05, 3.63) is 69.5 Å². The molecule has 0 atom stereocenters. The molecule has 0 aromatic heterocycles. The van der Waals surface area contributed by atoms with E-state index in [2.05, 4.69) is 0 Å². The summed E-state index contributed by atoms with van der Waals surface area (Å²) in [5.41, 5.74) is 6.53. The molecule has 0 amide bonds. The van der Waals surface area contributed by atoms with Crippen LogP contribution in [-0.2, 0) is 13.2 Å². The van der Waals surface area contributed by atoms with Gasteiger partial charge in [-0.2, -0.15) is 0 Å². The van der Waals surface area contributed by atoms with E-state index in [-0.39, 0.29) is 12.3 Å². The van der Waals surface area contributed by atoms with Crippen LogP contribution in [0, 0.1) is 15.9 Å². The molecule has 6 heteroatoms. The number of benzene rings is 2. The van der Waals surface area contributed by atoms with Crippen LogP contribution in [0.25, 0.3) is 0 Å². The minimum atomic E-state index is -0.659. The largest absolute Gasteiger partial charge is 0.489 e. The Labute approximate surface area is 114 Å². The van der Waals surface area contributed by atoms with Crippen molar-refractivity contribution >= 4 is 5.69 Å². The first kappa shape index (κ1) is 14.0. The maximum atomic E-state index is 13.3. The van der Waals surface area contributed by atoms with E-state index in [0.29, 0.717) is 17.9 Å². The van der Waals surface area contributed by atoms with E-state index in [9.17, 15) is 14.5 Å². The van der Waals surface area contributed by atoms with Crippen molar-refractivity contribution in [3.63, 3.8) is 0 Å². The predicted molar refractivity (Wildman–Crippen MR) is 71.7 cm³/mol. The summed E-state index contributed by atoms with van der Waals surface area (Å²) < 4.78 is 18.7. The lowest BCUT2D eigenvalue weighted by Gasteiger charge is -2.07. The normalized spacial score (nSPS) is 10.3. The van der Waals surface area contributed by atoms with Crippen LogP contribution in [0.5, 0.6) is 5.75 Å². The zero-order valence-corrected chi connectivity index (χ0v) is 10.6. The summed E-state index contributed by atoms with van der Waals surface area (Å²) in [6.07, 6.45) is 0. The molecule has 0 unspecified atom stereocenters. The van der Waals surface area contributed by atoms with Crippen molar-refractivity contribution in [3.8, 4) is 5.75 Å². The van der Waals surface area contributed by atoms with Gasteiger partial charge in [-0.3, -0.25) is 10.1 Å². The molecule has 2 N–H and O–H groups in total. The van der Waals surface area contributed by atoms with Gasteiger partial charge in [-0.05, 0) is 29.3 Å². The summed E-state index contributed by atoms with van der Waals surface area (Å²) in [7, 11) is 0. The molecule has 0 radical (unpaired) electrons. The lowest BCUT2D eigenvalue weighted by molar-refractivity contribution is -0.385. The molecule has 104 valence electrons. The van der Waals surface area contributed by atoms with Crippen LogP contribution in [0.1, 0.15) is 11.1 Å². The van der Waals surface area contributed by atoms with Gasteiger partial charge in [0.05, 0.1) is 11.0 Å². The van der Waals surface area contributed by atoms with Crippen molar-refractivity contribution in [2.24, 2.45) is 5.73 Å². The molecule has 0 aliphatic heterocycles. The van der Waals surface area contributed by atoms with E-state index in [1.54, 1.807) is 18.2 Å². The number of non-ortho nitro benzene ring substituents is 1. The fourth-order valence-electron chi connectivity index (χ4n) is 1.75. The molecule has 0 heterocycles. The Morgan fingerprint density at radius 1 is 1.20 bits per heavy atom. The van der Waals surface area contributed by atoms with E-state index >= 15 is 0 Å². The van der Waals surface area contributed by atoms with Crippen LogP contribution >= 0.6 is 0 Å². The maximum Gasteiger partial charge on any atom is 0.272 e. The second-order valence-corrected chi connectivity index (χ2v) is 4.21. The van der Waals surface area contributed by atoms with Gasteiger partial charge in [0.2, 0.25) is 0 Å². The third-order valence-electron chi connectivity index (χ3n) is 2.69. The zero-order valence-electron chi connectivity index (χ0n) is 10.6. The van der Waals surface area contributed by atoms with Crippen LogP contribution in [0.3, 0.4) is 0 Å². The van der Waals surface area contributed by atoms with E-state index in [1.165, 1.54) is 12.1 Å². The Balaban J connectivity index is 2.12. The SMILES string of the molecule is NCc1cccc(OCc2cc(F)cc([N+](=O)[O-])c2)c1. The molecule has 2 aromatic rings. The summed E-state index contributed by atoms with van der Waals surface area (Å²) >= 11 is 0. The fourth-order valence-corrected chi connectivity index (χ4v) is 1.75. The molecule has 0 saturated heterocycles. The average Bonchev–Trinajstić information content (AvgIpc) is 2.44. The molecule has 0 aliphatic carbocycles. The quantitative estimate of drug-likeness (QED) is 0.672. The van der Waals surface area contributed by atoms with E-state index in [1.807, 2.05) is 6.07 Å². The first-order chi connectivity index (χ1) is 9.58. The second-order valence-electron chi connectivity index (χ2n) is 4.21. The summed E-state index contributed by atoms with van der Waals surface area (Å²) in [4.78, 5) is 10.0. The van der Waals surface area contributed by atoms with Gasteiger partial charge < -0.3 is 10.5 Å². The van der Waals surface area contributed by atoms with Gasteiger partial charge in [0, 0.05) is 12.6 Å². The number of halogens is 1. The van der Waals surface area contributed by atoms with Crippen molar-refractivity contribution in [2.45, 2.75) is 13.2 Å². The molecular weight excluding hydrogens is 263 g/mol. The van der Waals surface area contributed by atoms with E-state index in [0.717, 1.165) is 11.6 Å². The molecule has 0 fully saturated rings. The topological polar surface area (TPSA) is 78.4 Å². The van der Waals surface area contributed by atoms with Gasteiger partial charge in [0.25, 0.3) is 5.69 Å². The van der Waals surface area contributed by atoms with Crippen molar-refractivity contribution < 1.29 is 14.1 Å². The van der Waals surface area contributed by atoms with Gasteiger partial charge >= 0.3 is 0 Å². The minimum absolute atomic E-state index is 0.0482. The highest BCUT2D eigenvalue weighted by Crippen LogP contribution is 2.19. The van der Waals surface area contributed by atoms with Crippen LogP contribution in [-0.4, -0.2) is 4.92 Å². The second kappa shape index (κ2) is 6.12. The van der Waals surface area contributed by atoms with Gasteiger partial charge in [0.1, 0.15) is 18.2 Å². The minimum Gasteiger partial charge on any atom is -0.489 e. The van der Waals surface area contributed by atoms with E-state index in [4.69, 9.17) is 10.5 Å². The number of rotatable bonds is 5. The van der Waals surface area contributed by atoms with Gasteiger partial charge in [0.15, 0.2) is 0 Å². The molecule has 0 aliphatic rings. The highest BCUT2D eigenvalue weighted by molar-refractivity contribution is 5.35. The highest BCUT2D eigenvalue weighted by Gasteiger charge is 2.10. The van der Waals surface area contributed by atoms with Crippen LogP contribution in [0.15, 0.2) is 42.5 Å². The Kier molecular flexibility index (Phi) is 4.27. The summed E-state index contributed by atoms with van der Waals surface area (Å²) in [5, 5.41) is 10.6. The van der Waals surface area contributed by atoms with Crippen molar-refractivity contribution in [2.75, 3.05) is 0 Å². The lowest BCUT2D eigenvalue weighted by Crippen LogP contribution is -2.00. The number of nitrogens with two attached hydrogens (primary N) is 1. The Morgan fingerprint density at radius 2 is 2.00 bits per heavy atom. The number of ether oxygens (including phenoxy) is 1. The first-order valence-electron chi connectivity index (χ1n) is 5.94. The highest BCUT2D eigenvalue weighted by atomic mass is 19.1. The molecule has 0 spiro atoms. The number of nitro groups is 1. The van der Waals surface area contributed by atoms with Crippen molar-refractivity contribution in [1.82, 2.24) is 0 Å². The molecule has 2 aromatic carbocycles. The van der Waals surface area contributed by atoms with Crippen molar-refractivity contribution in [1.29, 1.82) is 0 Å². The smallest absolute Gasteiger partial charge is 0.272 e. The van der Waals surface area contributed by atoms with Gasteiger partial charge in [-0.1, -0.05) is 12.1 Å². The lowest BCUT2D eigenvalue weighted by atomic mass is 10.2. The zero-order chi connectivity index (χ0) is 14.5. The third kappa shape index (κ3) is 3.52. The van der Waals surface area contributed by atoms with Crippen LogP contribution < -0.4 is 10.5 Å². The number of hydrogen-bond donors (Lipinski definition) is 1. The summed E-state index contributed by atoms with van der Waals surface area (Å²) in [6, 6.07) is 10.5. The predicted octanol–water partition coefficient (Wildman–Crippen LogP) is 2.77. The Bertz CT molecular complexity index is 632. The monoisotopic (exact) mass is 276 g/mol. The Morgan fingerprint density at radius 3 is 2.70 bits per heavy atom. The number of nitro benzene ring substituents is 1. The molecular formula is C14H13FN2O3. The molecule has 20 heavy (non-hydrogen) atoms. The first-order valence-corrected chi connectivity index (χ1v) is 5.94. The van der Waals surface area contributed by atoms with Gasteiger partial charge in [-0.25, -0.2) is 4.39 Å². The van der Waals surface area contributed by atoms with Crippen LogP contribution in [0.2, 0.25) is 0 Å². The molecule has 2 rings (SSSR count). The molecule has 5 nitrogen and oxygen atoms in total. The maximum absolute atomic E-state index is 13.3. The molecule has 0 bridgehead atoms. The summed E-state index contributed by atoms with van der Waals surface area (Å²) in [6.45, 7) is 0.440. The standard InChI is InChI=1S/C14H13FN2O3/c15-12-4-11(5-13(7-12)17(18)19)9-20-14-3-1-2-10(6-14)8-16/h1-7H,8-9,16H2. The summed E-state index contributed by atoms with van der Waals surface area (Å²) in [5.74, 6) is -0.0756.